The fourth-order valence-electron chi connectivity index (χ4n) is 2.69. The maximum atomic E-state index is 11.9. The highest BCUT2D eigenvalue weighted by molar-refractivity contribution is 5.68. The topological polar surface area (TPSA) is 51.7 Å². The molecule has 5 heteroatoms. The summed E-state index contributed by atoms with van der Waals surface area (Å²) in [5.41, 5.74) is 1.79. The molecule has 1 saturated heterocycles. The van der Waals surface area contributed by atoms with Crippen molar-refractivity contribution >= 4 is 6.09 Å². The van der Waals surface area contributed by atoms with Crippen LogP contribution in [0.5, 0.6) is 5.75 Å². The fraction of sp³-hybridized carbons (Fsp3) is 0.474. The van der Waals surface area contributed by atoms with Crippen LogP contribution >= 0.6 is 0 Å². The Kier molecular flexibility index (Phi) is 5.86. The summed E-state index contributed by atoms with van der Waals surface area (Å²) < 4.78 is 10.3. The number of likely N-dealkylation sites (tertiary alicyclic amines) is 1. The van der Waals surface area contributed by atoms with Gasteiger partial charge in [-0.05, 0) is 31.4 Å². The second kappa shape index (κ2) is 7.87. The predicted molar refractivity (Wildman–Crippen MR) is 92.7 cm³/mol. The van der Waals surface area contributed by atoms with Crippen molar-refractivity contribution in [2.45, 2.75) is 27.2 Å². The first-order chi connectivity index (χ1) is 11.5. The number of pyridine rings is 1. The SMILES string of the molecule is CCOC(=O)N1CC/C(=C\C#Cc2cc(OC)ccn2)C(C)(C)C1. The molecule has 0 aliphatic carbocycles. The van der Waals surface area contributed by atoms with Crippen LogP contribution in [-0.4, -0.2) is 42.8 Å². The maximum absolute atomic E-state index is 11.9. The Hall–Kier alpha value is -2.48. The molecule has 2 rings (SSSR count). The molecule has 0 aromatic carbocycles. The molecular formula is C19H24N2O3. The number of aromatic nitrogens is 1. The van der Waals surface area contributed by atoms with Crippen LogP contribution in [0.3, 0.4) is 0 Å². The number of rotatable bonds is 2. The fourth-order valence-corrected chi connectivity index (χ4v) is 2.69. The molecule has 0 spiro atoms. The lowest BCUT2D eigenvalue weighted by atomic mass is 9.79. The van der Waals surface area contributed by atoms with Gasteiger partial charge >= 0.3 is 6.09 Å². The first-order valence-electron chi connectivity index (χ1n) is 8.09. The van der Waals surface area contributed by atoms with Gasteiger partial charge in [0.25, 0.3) is 0 Å². The van der Waals surface area contributed by atoms with E-state index in [-0.39, 0.29) is 11.5 Å². The molecule has 1 aromatic heterocycles. The summed E-state index contributed by atoms with van der Waals surface area (Å²) in [5.74, 6) is 6.86. The highest BCUT2D eigenvalue weighted by Crippen LogP contribution is 2.34. The normalized spacial score (nSPS) is 17.8. The molecule has 0 radical (unpaired) electrons. The number of methoxy groups -OCH3 is 1. The molecule has 1 aliphatic heterocycles. The molecular weight excluding hydrogens is 304 g/mol. The Morgan fingerprint density at radius 1 is 1.50 bits per heavy atom. The average Bonchev–Trinajstić information content (AvgIpc) is 2.56. The number of hydrogen-bond acceptors (Lipinski definition) is 4. The number of amides is 1. The zero-order valence-corrected chi connectivity index (χ0v) is 14.8. The molecule has 1 amide bonds. The molecule has 1 fully saturated rings. The van der Waals surface area contributed by atoms with Gasteiger partial charge in [-0.3, -0.25) is 0 Å². The lowest BCUT2D eigenvalue weighted by Crippen LogP contribution is -2.45. The summed E-state index contributed by atoms with van der Waals surface area (Å²) in [7, 11) is 1.62. The number of nitrogens with zero attached hydrogens (tertiary/aromatic N) is 2. The number of carbonyl (C=O) groups excluding carboxylic acids is 1. The van der Waals surface area contributed by atoms with Crippen molar-refractivity contribution in [1.82, 2.24) is 9.88 Å². The third-order valence-electron chi connectivity index (χ3n) is 4.05. The Morgan fingerprint density at radius 2 is 2.29 bits per heavy atom. The summed E-state index contributed by atoms with van der Waals surface area (Å²) in [4.78, 5) is 17.9. The second-order valence-electron chi connectivity index (χ2n) is 6.27. The van der Waals surface area contributed by atoms with Gasteiger partial charge in [-0.15, -0.1) is 0 Å². The average molecular weight is 328 g/mol. The first kappa shape index (κ1) is 17.9. The van der Waals surface area contributed by atoms with Gasteiger partial charge in [-0.25, -0.2) is 9.78 Å². The summed E-state index contributed by atoms with van der Waals surface area (Å²) >= 11 is 0. The van der Waals surface area contributed by atoms with Crippen molar-refractivity contribution in [3.8, 4) is 17.6 Å². The van der Waals surface area contributed by atoms with Crippen molar-refractivity contribution in [3.05, 3.63) is 35.7 Å². The highest BCUT2D eigenvalue weighted by atomic mass is 16.6. The van der Waals surface area contributed by atoms with E-state index in [4.69, 9.17) is 9.47 Å². The van der Waals surface area contributed by atoms with E-state index in [1.807, 2.05) is 13.0 Å². The Morgan fingerprint density at radius 3 is 2.96 bits per heavy atom. The van der Waals surface area contributed by atoms with Gasteiger partial charge in [0.15, 0.2) is 0 Å². The molecule has 0 atom stereocenters. The van der Waals surface area contributed by atoms with Crippen LogP contribution in [0.25, 0.3) is 0 Å². The minimum atomic E-state index is -0.240. The summed E-state index contributed by atoms with van der Waals surface area (Å²) in [6.07, 6.45) is 4.18. The third-order valence-corrected chi connectivity index (χ3v) is 4.05. The number of ether oxygens (including phenoxy) is 2. The van der Waals surface area contributed by atoms with E-state index >= 15 is 0 Å². The standard InChI is InChI=1S/C19H24N2O3/c1-5-24-18(22)21-12-10-15(19(2,3)14-21)7-6-8-16-13-17(23-4)9-11-20-16/h7,9,11,13H,5,10,12,14H2,1-4H3/b15-7+. The van der Waals surface area contributed by atoms with Crippen molar-refractivity contribution in [2.24, 2.45) is 5.41 Å². The van der Waals surface area contributed by atoms with E-state index in [2.05, 4.69) is 30.7 Å². The van der Waals surface area contributed by atoms with Gasteiger partial charge in [0.1, 0.15) is 11.4 Å². The van der Waals surface area contributed by atoms with Crippen LogP contribution in [0.15, 0.2) is 30.0 Å². The molecule has 128 valence electrons. The zero-order valence-electron chi connectivity index (χ0n) is 14.8. The Balaban J connectivity index is 2.08. The molecule has 0 bridgehead atoms. The van der Waals surface area contributed by atoms with E-state index in [0.29, 0.717) is 25.4 Å². The van der Waals surface area contributed by atoms with Crippen molar-refractivity contribution in [1.29, 1.82) is 0 Å². The summed E-state index contributed by atoms with van der Waals surface area (Å²) in [5, 5.41) is 0. The minimum absolute atomic E-state index is 0.124. The van der Waals surface area contributed by atoms with Crippen LogP contribution in [0.4, 0.5) is 4.79 Å². The Labute approximate surface area is 143 Å². The van der Waals surface area contributed by atoms with Gasteiger partial charge in [-0.2, -0.15) is 0 Å². The van der Waals surface area contributed by atoms with E-state index in [0.717, 1.165) is 12.2 Å². The number of piperidine rings is 1. The van der Waals surface area contributed by atoms with Crippen LogP contribution in [-0.2, 0) is 4.74 Å². The highest BCUT2D eigenvalue weighted by Gasteiger charge is 2.33. The monoisotopic (exact) mass is 328 g/mol. The number of carbonyl (C=O) groups is 1. The molecule has 1 aliphatic rings. The lowest BCUT2D eigenvalue weighted by Gasteiger charge is -2.39. The second-order valence-corrected chi connectivity index (χ2v) is 6.27. The van der Waals surface area contributed by atoms with Crippen LogP contribution in [0.2, 0.25) is 0 Å². The van der Waals surface area contributed by atoms with Gasteiger partial charge < -0.3 is 14.4 Å². The van der Waals surface area contributed by atoms with Crippen LogP contribution in [0, 0.1) is 17.3 Å². The van der Waals surface area contributed by atoms with Gasteiger partial charge in [0, 0.05) is 30.8 Å². The summed E-state index contributed by atoms with van der Waals surface area (Å²) in [6.45, 7) is 7.76. The quantitative estimate of drug-likeness (QED) is 0.782. The van der Waals surface area contributed by atoms with Gasteiger partial charge in [-0.1, -0.05) is 25.3 Å². The smallest absolute Gasteiger partial charge is 0.409 e. The van der Waals surface area contributed by atoms with Crippen molar-refractivity contribution in [2.75, 3.05) is 26.8 Å². The Bertz CT molecular complexity index is 683. The molecule has 1 aromatic rings. The lowest BCUT2D eigenvalue weighted by molar-refractivity contribution is 0.0862. The van der Waals surface area contributed by atoms with Crippen LogP contribution < -0.4 is 4.74 Å². The number of hydrogen-bond donors (Lipinski definition) is 0. The first-order valence-corrected chi connectivity index (χ1v) is 8.09. The van der Waals surface area contributed by atoms with E-state index in [9.17, 15) is 4.79 Å². The largest absolute Gasteiger partial charge is 0.497 e. The molecule has 0 N–H and O–H groups in total. The van der Waals surface area contributed by atoms with Crippen molar-refractivity contribution in [3.63, 3.8) is 0 Å². The van der Waals surface area contributed by atoms with Crippen LogP contribution in [0.1, 0.15) is 32.9 Å². The molecule has 0 unspecified atom stereocenters. The summed E-state index contributed by atoms with van der Waals surface area (Å²) in [6, 6.07) is 3.60. The third kappa shape index (κ3) is 4.51. The van der Waals surface area contributed by atoms with Crippen molar-refractivity contribution < 1.29 is 14.3 Å². The molecule has 2 heterocycles. The van der Waals surface area contributed by atoms with E-state index < -0.39 is 0 Å². The minimum Gasteiger partial charge on any atom is -0.497 e. The van der Waals surface area contributed by atoms with E-state index in [1.54, 1.807) is 30.3 Å². The molecule has 5 nitrogen and oxygen atoms in total. The maximum Gasteiger partial charge on any atom is 0.409 e. The number of allylic oxidation sites excluding steroid dienone is 1. The van der Waals surface area contributed by atoms with E-state index in [1.165, 1.54) is 5.57 Å². The predicted octanol–water partition coefficient (Wildman–Crippen LogP) is 3.26. The van der Waals surface area contributed by atoms with Gasteiger partial charge in [0.2, 0.25) is 0 Å². The molecule has 0 saturated carbocycles. The van der Waals surface area contributed by atoms with Gasteiger partial charge in [0.05, 0.1) is 13.7 Å². The molecule has 24 heavy (non-hydrogen) atoms. The zero-order chi connectivity index (χ0) is 17.6.